The van der Waals surface area contributed by atoms with Crippen molar-refractivity contribution in [2.45, 2.75) is 13.0 Å². The van der Waals surface area contributed by atoms with Crippen molar-refractivity contribution in [1.82, 2.24) is 10.1 Å². The molecule has 1 heterocycles. The molecule has 0 aromatic heterocycles. The van der Waals surface area contributed by atoms with Gasteiger partial charge in [0, 0.05) is 0 Å². The summed E-state index contributed by atoms with van der Waals surface area (Å²) >= 11 is 0. The van der Waals surface area contributed by atoms with Crippen molar-refractivity contribution in [3.63, 3.8) is 0 Å². The third kappa shape index (κ3) is 1.17. The first-order valence-electron chi connectivity index (χ1n) is 3.05. The van der Waals surface area contributed by atoms with Gasteiger partial charge in [0.1, 0.15) is 12.6 Å². The highest BCUT2D eigenvalue weighted by atomic mass is 16.5. The van der Waals surface area contributed by atoms with Gasteiger partial charge in [0.15, 0.2) is 0 Å². The van der Waals surface area contributed by atoms with Crippen molar-refractivity contribution in [1.29, 1.82) is 0 Å². The SMILES string of the molecule is CC1C(=O)N(O)CC(=O)N1O. The Hall–Kier alpha value is -1.14. The molecule has 1 rings (SSSR count). The van der Waals surface area contributed by atoms with Gasteiger partial charge in [-0.25, -0.2) is 10.1 Å². The van der Waals surface area contributed by atoms with E-state index in [1.807, 2.05) is 0 Å². The first kappa shape index (κ1) is 7.96. The van der Waals surface area contributed by atoms with Crippen LogP contribution in [0.1, 0.15) is 6.92 Å². The summed E-state index contributed by atoms with van der Waals surface area (Å²) in [5.41, 5.74) is 0. The molecule has 0 aromatic carbocycles. The van der Waals surface area contributed by atoms with Crippen molar-refractivity contribution in [3.05, 3.63) is 0 Å². The molecule has 1 aliphatic rings. The van der Waals surface area contributed by atoms with Gasteiger partial charge < -0.3 is 0 Å². The van der Waals surface area contributed by atoms with Crippen LogP contribution < -0.4 is 0 Å². The second-order valence-corrected chi connectivity index (χ2v) is 2.31. The number of hydrogen-bond donors (Lipinski definition) is 2. The van der Waals surface area contributed by atoms with Crippen LogP contribution in [0.25, 0.3) is 0 Å². The number of carbonyl (C=O) groups excluding carboxylic acids is 2. The molecule has 0 spiro atoms. The smallest absolute Gasteiger partial charge is 0.271 e. The Morgan fingerprint density at radius 2 is 2.00 bits per heavy atom. The Morgan fingerprint density at radius 3 is 2.55 bits per heavy atom. The Labute approximate surface area is 62.5 Å². The summed E-state index contributed by atoms with van der Waals surface area (Å²) in [5, 5.41) is 18.2. The number of amides is 2. The highest BCUT2D eigenvalue weighted by Crippen LogP contribution is 2.06. The summed E-state index contributed by atoms with van der Waals surface area (Å²) in [7, 11) is 0. The van der Waals surface area contributed by atoms with Crippen LogP contribution in [0.3, 0.4) is 0 Å². The van der Waals surface area contributed by atoms with Gasteiger partial charge in [-0.05, 0) is 6.92 Å². The maximum Gasteiger partial charge on any atom is 0.271 e. The minimum absolute atomic E-state index is 0.291. The maximum atomic E-state index is 10.8. The molecule has 0 bridgehead atoms. The van der Waals surface area contributed by atoms with Crippen LogP contribution in [0, 0.1) is 0 Å². The maximum absolute atomic E-state index is 10.8. The van der Waals surface area contributed by atoms with Gasteiger partial charge in [-0.3, -0.25) is 20.0 Å². The fourth-order valence-electron chi connectivity index (χ4n) is 0.815. The standard InChI is InChI=1S/C5H8N2O4/c1-3-5(9)6(10)2-4(8)7(3)11/h3,10-11H,2H2,1H3. The minimum Gasteiger partial charge on any atom is -0.285 e. The lowest BCUT2D eigenvalue weighted by atomic mass is 10.2. The van der Waals surface area contributed by atoms with E-state index in [0.29, 0.717) is 10.1 Å². The van der Waals surface area contributed by atoms with E-state index in [9.17, 15) is 9.59 Å². The van der Waals surface area contributed by atoms with Crippen LogP contribution in [-0.4, -0.2) is 44.9 Å². The second-order valence-electron chi connectivity index (χ2n) is 2.31. The highest BCUT2D eigenvalue weighted by molar-refractivity contribution is 5.92. The second kappa shape index (κ2) is 2.48. The van der Waals surface area contributed by atoms with Crippen molar-refractivity contribution >= 4 is 11.8 Å². The largest absolute Gasteiger partial charge is 0.285 e. The normalized spacial score (nSPS) is 26.3. The van der Waals surface area contributed by atoms with E-state index in [1.54, 1.807) is 0 Å². The molecule has 11 heavy (non-hydrogen) atoms. The van der Waals surface area contributed by atoms with E-state index < -0.39 is 24.4 Å². The number of nitrogens with zero attached hydrogens (tertiary/aromatic N) is 2. The molecule has 0 aliphatic carbocycles. The molecule has 1 atom stereocenters. The molecule has 2 N–H and O–H groups in total. The van der Waals surface area contributed by atoms with Crippen molar-refractivity contribution in [2.75, 3.05) is 6.54 Å². The molecule has 0 saturated carbocycles. The lowest BCUT2D eigenvalue weighted by Crippen LogP contribution is -2.56. The van der Waals surface area contributed by atoms with Crippen LogP contribution in [0.4, 0.5) is 0 Å². The van der Waals surface area contributed by atoms with Gasteiger partial charge in [-0.1, -0.05) is 0 Å². The van der Waals surface area contributed by atoms with E-state index in [0.717, 1.165) is 0 Å². The zero-order valence-corrected chi connectivity index (χ0v) is 5.89. The summed E-state index contributed by atoms with van der Waals surface area (Å²) in [6, 6.07) is -0.999. The molecule has 1 fully saturated rings. The van der Waals surface area contributed by atoms with Crippen molar-refractivity contribution in [2.24, 2.45) is 0 Å². The molecule has 0 radical (unpaired) electrons. The van der Waals surface area contributed by atoms with Gasteiger partial charge in [0.2, 0.25) is 0 Å². The lowest BCUT2D eigenvalue weighted by molar-refractivity contribution is -0.216. The predicted molar refractivity (Wildman–Crippen MR) is 31.6 cm³/mol. The molecule has 1 saturated heterocycles. The zero-order chi connectivity index (χ0) is 8.59. The highest BCUT2D eigenvalue weighted by Gasteiger charge is 2.35. The predicted octanol–water partition coefficient (Wildman–Crippen LogP) is -1.18. The quantitative estimate of drug-likeness (QED) is 0.437. The summed E-state index contributed by atoms with van der Waals surface area (Å²) < 4.78 is 0. The third-order valence-electron chi connectivity index (χ3n) is 1.52. The molecular weight excluding hydrogens is 152 g/mol. The van der Waals surface area contributed by atoms with Gasteiger partial charge in [-0.15, -0.1) is 0 Å². The van der Waals surface area contributed by atoms with Gasteiger partial charge in [-0.2, -0.15) is 0 Å². The van der Waals surface area contributed by atoms with E-state index in [4.69, 9.17) is 10.4 Å². The molecule has 6 heteroatoms. The number of hydroxylamine groups is 4. The first-order valence-corrected chi connectivity index (χ1v) is 3.05. The Bertz CT molecular complexity index is 205. The van der Waals surface area contributed by atoms with Gasteiger partial charge in [0.05, 0.1) is 0 Å². The summed E-state index contributed by atoms with van der Waals surface area (Å²) in [6.45, 7) is 0.836. The van der Waals surface area contributed by atoms with Crippen molar-refractivity contribution < 1.29 is 20.0 Å². The molecule has 2 amide bonds. The van der Waals surface area contributed by atoms with Crippen molar-refractivity contribution in [3.8, 4) is 0 Å². The van der Waals surface area contributed by atoms with Crippen LogP contribution in [0.2, 0.25) is 0 Å². The topological polar surface area (TPSA) is 81.1 Å². The summed E-state index contributed by atoms with van der Waals surface area (Å²) in [4.78, 5) is 21.5. The zero-order valence-electron chi connectivity index (χ0n) is 5.89. The number of hydrogen-bond acceptors (Lipinski definition) is 4. The van der Waals surface area contributed by atoms with E-state index in [1.165, 1.54) is 6.92 Å². The van der Waals surface area contributed by atoms with Gasteiger partial charge in [0.25, 0.3) is 11.8 Å². The first-order chi connectivity index (χ1) is 5.04. The third-order valence-corrected chi connectivity index (χ3v) is 1.52. The van der Waals surface area contributed by atoms with Gasteiger partial charge >= 0.3 is 0 Å². The van der Waals surface area contributed by atoms with Crippen LogP contribution in [-0.2, 0) is 9.59 Å². The summed E-state index contributed by atoms with van der Waals surface area (Å²) in [5.74, 6) is -1.38. The monoisotopic (exact) mass is 160 g/mol. The minimum atomic E-state index is -0.999. The average molecular weight is 160 g/mol. The molecule has 6 nitrogen and oxygen atoms in total. The van der Waals surface area contributed by atoms with Crippen LogP contribution in [0.5, 0.6) is 0 Å². The van der Waals surface area contributed by atoms with Crippen LogP contribution >= 0.6 is 0 Å². The fourth-order valence-corrected chi connectivity index (χ4v) is 0.815. The molecule has 0 aromatic rings. The molecular formula is C5H8N2O4. The number of carbonyl (C=O) groups is 2. The Balaban J connectivity index is 2.78. The lowest BCUT2D eigenvalue weighted by Gasteiger charge is -2.30. The number of rotatable bonds is 0. The van der Waals surface area contributed by atoms with E-state index in [2.05, 4.69) is 0 Å². The fraction of sp³-hybridized carbons (Fsp3) is 0.600. The van der Waals surface area contributed by atoms with Crippen LogP contribution in [0.15, 0.2) is 0 Å². The molecule has 1 aliphatic heterocycles. The van der Waals surface area contributed by atoms with E-state index in [-0.39, 0.29) is 0 Å². The summed E-state index contributed by atoms with van der Waals surface area (Å²) in [6.07, 6.45) is 0. The average Bonchev–Trinajstić information content (AvgIpc) is 1.97. The molecule has 1 unspecified atom stereocenters. The Morgan fingerprint density at radius 1 is 1.45 bits per heavy atom. The number of piperazine rings is 1. The van der Waals surface area contributed by atoms with E-state index >= 15 is 0 Å². The molecule has 62 valence electrons. The Kier molecular flexibility index (Phi) is 1.79.